The van der Waals surface area contributed by atoms with Gasteiger partial charge in [-0.25, -0.2) is 0 Å². The predicted molar refractivity (Wildman–Crippen MR) is 65.0 cm³/mol. The number of benzene rings is 1. The Morgan fingerprint density at radius 1 is 1.06 bits per heavy atom. The number of hydrogen-bond donors (Lipinski definition) is 2. The highest BCUT2D eigenvalue weighted by molar-refractivity contribution is 5.28. The van der Waals surface area contributed by atoms with E-state index in [1.165, 1.54) is 22.3 Å². The highest BCUT2D eigenvalue weighted by Crippen LogP contribution is 2.08. The Hall–Kier alpha value is -1.61. The summed E-state index contributed by atoms with van der Waals surface area (Å²) >= 11 is 0. The van der Waals surface area contributed by atoms with Crippen LogP contribution in [0, 0.1) is 13.8 Å². The van der Waals surface area contributed by atoms with Crippen molar-refractivity contribution < 1.29 is 0 Å². The molecule has 2 N–H and O–H groups in total. The smallest absolute Gasteiger partial charge is 0.0532 e. The van der Waals surface area contributed by atoms with E-state index in [1.54, 1.807) is 0 Å². The van der Waals surface area contributed by atoms with Crippen LogP contribution in [-0.4, -0.2) is 10.2 Å². The lowest BCUT2D eigenvalue weighted by Gasteiger charge is -2.06. The number of aromatic amines is 1. The highest BCUT2D eigenvalue weighted by atomic mass is 15.1. The zero-order valence-corrected chi connectivity index (χ0v) is 9.75. The average Bonchev–Trinajstić information content (AvgIpc) is 2.69. The Kier molecular flexibility index (Phi) is 3.37. The summed E-state index contributed by atoms with van der Waals surface area (Å²) in [6, 6.07) is 6.63. The molecule has 1 aromatic heterocycles. The van der Waals surface area contributed by atoms with Crippen LogP contribution in [0.5, 0.6) is 0 Å². The molecule has 0 radical (unpaired) electrons. The number of nitrogens with one attached hydrogen (secondary N) is 2. The monoisotopic (exact) mass is 215 g/mol. The summed E-state index contributed by atoms with van der Waals surface area (Å²) in [5, 5.41) is 10.1. The quantitative estimate of drug-likeness (QED) is 0.821. The molecule has 84 valence electrons. The van der Waals surface area contributed by atoms with Crippen LogP contribution in [0.4, 0.5) is 0 Å². The second-order valence-corrected chi connectivity index (χ2v) is 4.21. The van der Waals surface area contributed by atoms with Crippen LogP contribution in [0.15, 0.2) is 30.6 Å². The fourth-order valence-electron chi connectivity index (χ4n) is 1.90. The molecule has 0 aliphatic rings. The van der Waals surface area contributed by atoms with Gasteiger partial charge in [0.15, 0.2) is 0 Å². The summed E-state index contributed by atoms with van der Waals surface area (Å²) in [6.45, 7) is 6.01. The van der Waals surface area contributed by atoms with Crippen LogP contribution >= 0.6 is 0 Å². The summed E-state index contributed by atoms with van der Waals surface area (Å²) < 4.78 is 0. The third-order valence-corrected chi connectivity index (χ3v) is 2.49. The second-order valence-electron chi connectivity index (χ2n) is 4.21. The van der Waals surface area contributed by atoms with E-state index in [0.717, 1.165) is 13.1 Å². The van der Waals surface area contributed by atoms with Crippen molar-refractivity contribution in [2.45, 2.75) is 26.9 Å². The van der Waals surface area contributed by atoms with Crippen molar-refractivity contribution >= 4 is 0 Å². The van der Waals surface area contributed by atoms with Crippen molar-refractivity contribution in [1.82, 2.24) is 15.5 Å². The largest absolute Gasteiger partial charge is 0.309 e. The molecule has 2 aromatic rings. The van der Waals surface area contributed by atoms with Gasteiger partial charge in [0.1, 0.15) is 0 Å². The summed E-state index contributed by atoms with van der Waals surface area (Å²) in [6.07, 6.45) is 3.75. The summed E-state index contributed by atoms with van der Waals surface area (Å²) in [4.78, 5) is 0. The summed E-state index contributed by atoms with van der Waals surface area (Å²) in [7, 11) is 0. The number of hydrogen-bond acceptors (Lipinski definition) is 2. The third kappa shape index (κ3) is 2.94. The minimum Gasteiger partial charge on any atom is -0.309 e. The zero-order chi connectivity index (χ0) is 11.4. The summed E-state index contributed by atoms with van der Waals surface area (Å²) in [5.74, 6) is 0. The van der Waals surface area contributed by atoms with Gasteiger partial charge in [-0.2, -0.15) is 5.10 Å². The first-order valence-electron chi connectivity index (χ1n) is 5.49. The zero-order valence-electron chi connectivity index (χ0n) is 9.75. The number of H-pyrrole nitrogens is 1. The van der Waals surface area contributed by atoms with Crippen molar-refractivity contribution in [3.8, 4) is 0 Å². The molecule has 0 saturated carbocycles. The molecule has 0 spiro atoms. The second kappa shape index (κ2) is 4.94. The van der Waals surface area contributed by atoms with E-state index < -0.39 is 0 Å². The van der Waals surface area contributed by atoms with E-state index in [1.807, 2.05) is 12.4 Å². The molecule has 0 bridgehead atoms. The molecule has 0 amide bonds. The first-order valence-corrected chi connectivity index (χ1v) is 5.49. The van der Waals surface area contributed by atoms with Crippen LogP contribution < -0.4 is 5.32 Å². The molecule has 3 heteroatoms. The Balaban J connectivity index is 1.89. The van der Waals surface area contributed by atoms with E-state index in [9.17, 15) is 0 Å². The molecule has 0 aliphatic heterocycles. The molecule has 3 nitrogen and oxygen atoms in total. The standard InChI is InChI=1S/C13H17N3/c1-10-3-11(2)5-12(4-10)6-14-7-13-8-15-16-9-13/h3-5,8-9,14H,6-7H2,1-2H3,(H,15,16). The molecule has 16 heavy (non-hydrogen) atoms. The molecule has 0 aliphatic carbocycles. The minimum atomic E-state index is 0.851. The normalized spacial score (nSPS) is 10.6. The maximum atomic E-state index is 3.91. The Morgan fingerprint density at radius 2 is 1.75 bits per heavy atom. The van der Waals surface area contributed by atoms with Gasteiger partial charge < -0.3 is 5.32 Å². The van der Waals surface area contributed by atoms with Crippen molar-refractivity contribution in [3.63, 3.8) is 0 Å². The van der Waals surface area contributed by atoms with E-state index >= 15 is 0 Å². The van der Waals surface area contributed by atoms with Crippen molar-refractivity contribution in [2.24, 2.45) is 0 Å². The van der Waals surface area contributed by atoms with Crippen molar-refractivity contribution in [3.05, 3.63) is 52.8 Å². The van der Waals surface area contributed by atoms with Gasteiger partial charge in [0.2, 0.25) is 0 Å². The van der Waals surface area contributed by atoms with Gasteiger partial charge in [-0.3, -0.25) is 5.10 Å². The maximum Gasteiger partial charge on any atom is 0.0532 e. The van der Waals surface area contributed by atoms with Gasteiger partial charge in [0.25, 0.3) is 0 Å². The van der Waals surface area contributed by atoms with Gasteiger partial charge in [0, 0.05) is 24.8 Å². The average molecular weight is 215 g/mol. The van der Waals surface area contributed by atoms with E-state index in [0.29, 0.717) is 0 Å². The SMILES string of the molecule is Cc1cc(C)cc(CNCc2cn[nH]c2)c1. The molecule has 2 rings (SSSR count). The maximum absolute atomic E-state index is 3.91. The molecular formula is C13H17N3. The first-order chi connectivity index (χ1) is 7.74. The van der Waals surface area contributed by atoms with Gasteiger partial charge >= 0.3 is 0 Å². The molecular weight excluding hydrogens is 198 g/mol. The van der Waals surface area contributed by atoms with Crippen LogP contribution in [0.3, 0.4) is 0 Å². The van der Waals surface area contributed by atoms with Crippen LogP contribution in [0.1, 0.15) is 22.3 Å². The first kappa shape index (κ1) is 10.9. The lowest BCUT2D eigenvalue weighted by atomic mass is 10.1. The van der Waals surface area contributed by atoms with Gasteiger partial charge in [-0.15, -0.1) is 0 Å². The molecule has 1 aromatic carbocycles. The Bertz CT molecular complexity index is 426. The number of aromatic nitrogens is 2. The third-order valence-electron chi connectivity index (χ3n) is 2.49. The fourth-order valence-corrected chi connectivity index (χ4v) is 1.90. The van der Waals surface area contributed by atoms with E-state index in [4.69, 9.17) is 0 Å². The molecule has 0 fully saturated rings. The molecule has 1 heterocycles. The van der Waals surface area contributed by atoms with Crippen molar-refractivity contribution in [2.75, 3.05) is 0 Å². The highest BCUT2D eigenvalue weighted by Gasteiger charge is 1.97. The number of nitrogens with zero attached hydrogens (tertiary/aromatic N) is 1. The lowest BCUT2D eigenvalue weighted by molar-refractivity contribution is 0.693. The molecule has 0 unspecified atom stereocenters. The van der Waals surface area contributed by atoms with Crippen LogP contribution in [0.25, 0.3) is 0 Å². The van der Waals surface area contributed by atoms with Crippen molar-refractivity contribution in [1.29, 1.82) is 0 Å². The van der Waals surface area contributed by atoms with Crippen LogP contribution in [-0.2, 0) is 13.1 Å². The van der Waals surface area contributed by atoms with E-state index in [-0.39, 0.29) is 0 Å². The van der Waals surface area contributed by atoms with Crippen LogP contribution in [0.2, 0.25) is 0 Å². The van der Waals surface area contributed by atoms with Gasteiger partial charge in [-0.1, -0.05) is 29.3 Å². The number of rotatable bonds is 4. The molecule has 0 saturated heterocycles. The fraction of sp³-hybridized carbons (Fsp3) is 0.308. The van der Waals surface area contributed by atoms with Gasteiger partial charge in [0.05, 0.1) is 6.20 Å². The van der Waals surface area contributed by atoms with Gasteiger partial charge in [-0.05, 0) is 19.4 Å². The minimum absolute atomic E-state index is 0.851. The lowest BCUT2D eigenvalue weighted by Crippen LogP contribution is -2.12. The predicted octanol–water partition coefficient (Wildman–Crippen LogP) is 2.32. The summed E-state index contributed by atoms with van der Waals surface area (Å²) in [5.41, 5.74) is 5.16. The number of aryl methyl sites for hydroxylation is 2. The Labute approximate surface area is 95.9 Å². The Morgan fingerprint density at radius 3 is 2.38 bits per heavy atom. The topological polar surface area (TPSA) is 40.7 Å². The van der Waals surface area contributed by atoms with E-state index in [2.05, 4.69) is 47.6 Å². The molecule has 0 atom stereocenters.